The average Bonchev–Trinajstić information content (AvgIpc) is 2.82. The number of hydrogen-bond donors (Lipinski definition) is 0. The van der Waals surface area contributed by atoms with Crippen LogP contribution in [0.3, 0.4) is 0 Å². The van der Waals surface area contributed by atoms with E-state index < -0.39 is 10.0 Å². The summed E-state index contributed by atoms with van der Waals surface area (Å²) >= 11 is 0. The summed E-state index contributed by atoms with van der Waals surface area (Å²) in [4.78, 5) is 15.2. The second-order valence-electron chi connectivity index (χ2n) is 8.24. The fraction of sp³-hybridized carbons (Fsp3) is 0.320. The second kappa shape index (κ2) is 8.92. The molecule has 1 aliphatic rings. The van der Waals surface area contributed by atoms with E-state index in [2.05, 4.69) is 0 Å². The molecule has 7 heteroatoms. The predicted octanol–water partition coefficient (Wildman–Crippen LogP) is 3.79. The van der Waals surface area contributed by atoms with E-state index in [4.69, 9.17) is 4.74 Å². The predicted molar refractivity (Wildman–Crippen MR) is 125 cm³/mol. The van der Waals surface area contributed by atoms with E-state index in [0.29, 0.717) is 31.1 Å². The van der Waals surface area contributed by atoms with Gasteiger partial charge in [-0.05, 0) is 54.4 Å². The molecule has 32 heavy (non-hydrogen) atoms. The highest BCUT2D eigenvalue weighted by molar-refractivity contribution is 7.89. The SMILES string of the molecule is COc1ccc2cc([C@H](C)C(=O)N3CCN(S(=O)(=O)c4ccc(C)cc4)CC3)ccc2c1. The Labute approximate surface area is 189 Å². The molecule has 1 aliphatic heterocycles. The minimum atomic E-state index is -3.55. The summed E-state index contributed by atoms with van der Waals surface area (Å²) in [6, 6.07) is 18.8. The van der Waals surface area contributed by atoms with Crippen molar-refractivity contribution in [2.24, 2.45) is 0 Å². The third-order valence-corrected chi connectivity index (χ3v) is 8.06. The molecule has 0 unspecified atom stereocenters. The van der Waals surface area contributed by atoms with Gasteiger partial charge in [0.25, 0.3) is 0 Å². The summed E-state index contributed by atoms with van der Waals surface area (Å²) in [5.41, 5.74) is 1.96. The Morgan fingerprint density at radius 1 is 0.906 bits per heavy atom. The molecule has 0 aliphatic carbocycles. The Balaban J connectivity index is 1.43. The molecular weight excluding hydrogens is 424 g/mol. The molecule has 0 N–H and O–H groups in total. The number of nitrogens with zero attached hydrogens (tertiary/aromatic N) is 2. The molecule has 6 nitrogen and oxygen atoms in total. The first kappa shape index (κ1) is 22.3. The smallest absolute Gasteiger partial charge is 0.243 e. The zero-order chi connectivity index (χ0) is 22.9. The quantitative estimate of drug-likeness (QED) is 0.591. The van der Waals surface area contributed by atoms with Gasteiger partial charge in [0.05, 0.1) is 17.9 Å². The van der Waals surface area contributed by atoms with Gasteiger partial charge in [-0.25, -0.2) is 8.42 Å². The molecule has 1 atom stereocenters. The minimum Gasteiger partial charge on any atom is -0.497 e. The molecule has 1 saturated heterocycles. The lowest BCUT2D eigenvalue weighted by Crippen LogP contribution is -2.51. The first-order valence-electron chi connectivity index (χ1n) is 10.7. The number of methoxy groups -OCH3 is 1. The Bertz CT molecular complexity index is 1230. The number of rotatable bonds is 5. The van der Waals surface area contributed by atoms with Gasteiger partial charge < -0.3 is 9.64 Å². The molecule has 4 rings (SSSR count). The molecule has 0 spiro atoms. The van der Waals surface area contributed by atoms with Crippen LogP contribution in [0.5, 0.6) is 5.75 Å². The van der Waals surface area contributed by atoms with Gasteiger partial charge in [0.15, 0.2) is 0 Å². The van der Waals surface area contributed by atoms with E-state index >= 15 is 0 Å². The number of amides is 1. The molecule has 3 aromatic carbocycles. The lowest BCUT2D eigenvalue weighted by molar-refractivity contribution is -0.133. The van der Waals surface area contributed by atoms with Crippen molar-refractivity contribution in [3.63, 3.8) is 0 Å². The zero-order valence-electron chi connectivity index (χ0n) is 18.6. The van der Waals surface area contributed by atoms with E-state index in [1.54, 1.807) is 36.3 Å². The lowest BCUT2D eigenvalue weighted by atomic mass is 9.96. The van der Waals surface area contributed by atoms with Gasteiger partial charge in [-0.2, -0.15) is 4.31 Å². The van der Waals surface area contributed by atoms with Crippen LogP contribution in [0.25, 0.3) is 10.8 Å². The molecule has 0 bridgehead atoms. The van der Waals surface area contributed by atoms with Gasteiger partial charge in [-0.1, -0.05) is 42.0 Å². The van der Waals surface area contributed by atoms with Crippen molar-refractivity contribution < 1.29 is 17.9 Å². The van der Waals surface area contributed by atoms with Crippen molar-refractivity contribution in [2.75, 3.05) is 33.3 Å². The number of benzene rings is 3. The molecule has 1 amide bonds. The van der Waals surface area contributed by atoms with Crippen LogP contribution in [0, 0.1) is 6.92 Å². The monoisotopic (exact) mass is 452 g/mol. The van der Waals surface area contributed by atoms with E-state index in [0.717, 1.165) is 27.6 Å². The summed E-state index contributed by atoms with van der Waals surface area (Å²) in [5.74, 6) is 0.514. The molecular formula is C25H28N2O4S. The summed E-state index contributed by atoms with van der Waals surface area (Å²) in [6.45, 7) is 5.20. The molecule has 0 aromatic heterocycles. The topological polar surface area (TPSA) is 66.9 Å². The maximum absolute atomic E-state index is 13.1. The number of piperazine rings is 1. The number of aryl methyl sites for hydroxylation is 1. The Morgan fingerprint density at radius 3 is 2.19 bits per heavy atom. The second-order valence-corrected chi connectivity index (χ2v) is 10.2. The third-order valence-electron chi connectivity index (χ3n) is 6.15. The van der Waals surface area contributed by atoms with Gasteiger partial charge in [0.1, 0.15) is 5.75 Å². The number of carbonyl (C=O) groups is 1. The Kier molecular flexibility index (Phi) is 6.22. The molecule has 1 heterocycles. The highest BCUT2D eigenvalue weighted by atomic mass is 32.2. The van der Waals surface area contributed by atoms with Gasteiger partial charge in [0.2, 0.25) is 15.9 Å². The van der Waals surface area contributed by atoms with E-state index in [1.807, 2.05) is 50.2 Å². The van der Waals surface area contributed by atoms with Crippen molar-refractivity contribution in [1.82, 2.24) is 9.21 Å². The minimum absolute atomic E-state index is 0.0187. The van der Waals surface area contributed by atoms with Crippen LogP contribution >= 0.6 is 0 Å². The molecule has 1 fully saturated rings. The van der Waals surface area contributed by atoms with Crippen molar-refractivity contribution in [1.29, 1.82) is 0 Å². The average molecular weight is 453 g/mol. The van der Waals surface area contributed by atoms with E-state index in [1.165, 1.54) is 4.31 Å². The first-order chi connectivity index (χ1) is 15.3. The van der Waals surface area contributed by atoms with Crippen molar-refractivity contribution in [3.8, 4) is 5.75 Å². The van der Waals surface area contributed by atoms with Gasteiger partial charge in [-0.15, -0.1) is 0 Å². The molecule has 3 aromatic rings. The highest BCUT2D eigenvalue weighted by Gasteiger charge is 2.31. The van der Waals surface area contributed by atoms with Gasteiger partial charge >= 0.3 is 0 Å². The number of fused-ring (bicyclic) bond motifs is 1. The molecule has 0 saturated carbocycles. The molecule has 0 radical (unpaired) electrons. The molecule has 168 valence electrons. The number of carbonyl (C=O) groups excluding carboxylic acids is 1. The maximum atomic E-state index is 13.1. The summed E-state index contributed by atoms with van der Waals surface area (Å²) < 4.78 is 32.6. The van der Waals surface area contributed by atoms with E-state index in [-0.39, 0.29) is 11.8 Å². The summed E-state index contributed by atoms with van der Waals surface area (Å²) in [5, 5.41) is 2.11. The highest BCUT2D eigenvalue weighted by Crippen LogP contribution is 2.27. The van der Waals surface area contributed by atoms with Gasteiger partial charge in [-0.3, -0.25) is 4.79 Å². The fourth-order valence-corrected chi connectivity index (χ4v) is 5.49. The maximum Gasteiger partial charge on any atom is 0.243 e. The zero-order valence-corrected chi connectivity index (χ0v) is 19.4. The Morgan fingerprint density at radius 2 is 1.53 bits per heavy atom. The van der Waals surface area contributed by atoms with Crippen LogP contribution in [0.4, 0.5) is 0 Å². The van der Waals surface area contributed by atoms with Crippen LogP contribution in [-0.2, 0) is 14.8 Å². The fourth-order valence-electron chi connectivity index (χ4n) is 4.06. The van der Waals surface area contributed by atoms with Crippen LogP contribution in [-0.4, -0.2) is 56.8 Å². The van der Waals surface area contributed by atoms with Crippen LogP contribution in [0.2, 0.25) is 0 Å². The summed E-state index contributed by atoms with van der Waals surface area (Å²) in [7, 11) is -1.90. The third kappa shape index (κ3) is 4.36. The van der Waals surface area contributed by atoms with E-state index in [9.17, 15) is 13.2 Å². The standard InChI is InChI=1S/C25H28N2O4S/c1-18-4-10-24(11-5-18)32(29,30)27-14-12-26(13-15-27)25(28)19(2)20-6-7-22-17-23(31-3)9-8-21(22)16-20/h4-11,16-17,19H,12-15H2,1-3H3/t19-/m0/s1. The van der Waals surface area contributed by atoms with Gasteiger partial charge in [0, 0.05) is 26.2 Å². The number of hydrogen-bond acceptors (Lipinski definition) is 4. The Hall–Kier alpha value is -2.90. The first-order valence-corrected chi connectivity index (χ1v) is 12.2. The largest absolute Gasteiger partial charge is 0.497 e. The number of ether oxygens (including phenoxy) is 1. The van der Waals surface area contributed by atoms with Crippen LogP contribution in [0.1, 0.15) is 24.0 Å². The summed E-state index contributed by atoms with van der Waals surface area (Å²) in [6.07, 6.45) is 0. The van der Waals surface area contributed by atoms with Crippen molar-refractivity contribution >= 4 is 26.7 Å². The number of sulfonamides is 1. The normalized spacial score (nSPS) is 16.2. The van der Waals surface area contributed by atoms with Crippen LogP contribution < -0.4 is 4.74 Å². The van der Waals surface area contributed by atoms with Crippen molar-refractivity contribution in [2.45, 2.75) is 24.7 Å². The van der Waals surface area contributed by atoms with Crippen molar-refractivity contribution in [3.05, 3.63) is 71.8 Å². The lowest BCUT2D eigenvalue weighted by Gasteiger charge is -2.35. The van der Waals surface area contributed by atoms with Crippen LogP contribution in [0.15, 0.2) is 65.6 Å².